The Morgan fingerprint density at radius 1 is 1.07 bits per heavy atom. The molecular weight excluding hydrogens is 358 g/mol. The standard InChI is InChI=1S/C17H29N3O7/c1-15(2,3)26-13(24)18-10-11(21)20(14(25)27-16(4,5)6)17(12(22)23)8-7-9-19-17/h19H,7-10H2,1-6H3,(H,18,24)(H,22,23)/t17-/m0/s1. The number of rotatable bonds is 4. The SMILES string of the molecule is CC(C)(C)OC(=O)NCC(=O)N(C(=O)OC(C)(C)C)[C@]1(C(=O)O)CCCN1. The van der Waals surface area contributed by atoms with Gasteiger partial charge in [-0.3, -0.25) is 10.1 Å². The molecule has 1 aliphatic rings. The van der Waals surface area contributed by atoms with Crippen molar-refractivity contribution in [3.8, 4) is 0 Å². The number of carboxylic acid groups (broad SMARTS) is 1. The molecule has 0 radical (unpaired) electrons. The van der Waals surface area contributed by atoms with Crippen LogP contribution in [0.25, 0.3) is 0 Å². The average Bonchev–Trinajstić information content (AvgIpc) is 2.92. The summed E-state index contributed by atoms with van der Waals surface area (Å²) in [6, 6.07) is 0. The van der Waals surface area contributed by atoms with Crippen molar-refractivity contribution in [2.24, 2.45) is 0 Å². The van der Waals surface area contributed by atoms with Crippen LogP contribution < -0.4 is 10.6 Å². The number of carbonyl (C=O) groups is 4. The van der Waals surface area contributed by atoms with Gasteiger partial charge in [0, 0.05) is 0 Å². The van der Waals surface area contributed by atoms with E-state index in [9.17, 15) is 24.3 Å². The number of hydrogen-bond acceptors (Lipinski definition) is 7. The van der Waals surface area contributed by atoms with Crippen molar-refractivity contribution in [3.63, 3.8) is 0 Å². The van der Waals surface area contributed by atoms with Gasteiger partial charge in [0.1, 0.15) is 17.7 Å². The molecule has 10 nitrogen and oxygen atoms in total. The second kappa shape index (κ2) is 8.12. The summed E-state index contributed by atoms with van der Waals surface area (Å²) in [5.74, 6) is -2.30. The molecule has 10 heteroatoms. The molecule has 1 fully saturated rings. The fourth-order valence-electron chi connectivity index (χ4n) is 2.52. The van der Waals surface area contributed by atoms with Crippen LogP contribution in [0.1, 0.15) is 54.4 Å². The third-order valence-corrected chi connectivity index (χ3v) is 3.48. The van der Waals surface area contributed by atoms with Crippen molar-refractivity contribution >= 4 is 24.1 Å². The zero-order valence-electron chi connectivity index (χ0n) is 16.7. The highest BCUT2D eigenvalue weighted by Gasteiger charge is 2.53. The quantitative estimate of drug-likeness (QED) is 0.660. The lowest BCUT2D eigenvalue weighted by molar-refractivity contribution is -0.159. The number of amides is 3. The van der Waals surface area contributed by atoms with Crippen molar-refractivity contribution in [1.29, 1.82) is 0 Å². The Labute approximate surface area is 158 Å². The summed E-state index contributed by atoms with van der Waals surface area (Å²) in [7, 11) is 0. The van der Waals surface area contributed by atoms with Gasteiger partial charge in [-0.1, -0.05) is 0 Å². The van der Waals surface area contributed by atoms with Gasteiger partial charge in [-0.2, -0.15) is 0 Å². The highest BCUT2D eigenvalue weighted by molar-refractivity contribution is 6.00. The second-order valence-electron chi connectivity index (χ2n) is 8.26. The molecule has 27 heavy (non-hydrogen) atoms. The molecule has 154 valence electrons. The predicted octanol–water partition coefficient (Wildman–Crippen LogP) is 1.44. The van der Waals surface area contributed by atoms with Gasteiger partial charge < -0.3 is 19.9 Å². The molecule has 0 unspecified atom stereocenters. The number of nitrogens with one attached hydrogen (secondary N) is 2. The number of nitrogens with zero attached hydrogens (tertiary/aromatic N) is 1. The minimum atomic E-state index is -1.92. The van der Waals surface area contributed by atoms with E-state index in [1.165, 1.54) is 0 Å². The Balaban J connectivity index is 3.03. The van der Waals surface area contributed by atoms with Crippen molar-refractivity contribution in [2.75, 3.05) is 13.1 Å². The zero-order chi connectivity index (χ0) is 21.0. The van der Waals surface area contributed by atoms with Crippen LogP contribution in [0.4, 0.5) is 9.59 Å². The molecular formula is C17H29N3O7. The fourth-order valence-corrected chi connectivity index (χ4v) is 2.52. The van der Waals surface area contributed by atoms with Crippen LogP contribution >= 0.6 is 0 Å². The number of carbonyl (C=O) groups excluding carboxylic acids is 3. The molecule has 1 aliphatic heterocycles. The minimum Gasteiger partial charge on any atom is -0.478 e. The second-order valence-corrected chi connectivity index (χ2v) is 8.26. The molecule has 0 aromatic rings. The van der Waals surface area contributed by atoms with E-state index in [2.05, 4.69) is 10.6 Å². The van der Waals surface area contributed by atoms with E-state index in [0.717, 1.165) is 0 Å². The molecule has 1 heterocycles. The van der Waals surface area contributed by atoms with Crippen molar-refractivity contribution in [3.05, 3.63) is 0 Å². The van der Waals surface area contributed by atoms with Gasteiger partial charge in [0.2, 0.25) is 5.66 Å². The minimum absolute atomic E-state index is 0.0275. The topological polar surface area (TPSA) is 134 Å². The average molecular weight is 387 g/mol. The summed E-state index contributed by atoms with van der Waals surface area (Å²) in [5.41, 5.74) is -3.63. The summed E-state index contributed by atoms with van der Waals surface area (Å²) >= 11 is 0. The number of aliphatic carboxylic acids is 1. The molecule has 0 aromatic carbocycles. The molecule has 1 atom stereocenters. The molecule has 0 aromatic heterocycles. The molecule has 0 saturated carbocycles. The van der Waals surface area contributed by atoms with Gasteiger partial charge in [0.05, 0.1) is 0 Å². The van der Waals surface area contributed by atoms with E-state index in [-0.39, 0.29) is 6.42 Å². The van der Waals surface area contributed by atoms with Crippen LogP contribution in [0.15, 0.2) is 0 Å². The third kappa shape index (κ3) is 6.38. The van der Waals surface area contributed by atoms with E-state index in [0.29, 0.717) is 17.9 Å². The molecule has 1 rings (SSSR count). The Morgan fingerprint density at radius 3 is 2.04 bits per heavy atom. The maximum Gasteiger partial charge on any atom is 0.419 e. The lowest BCUT2D eigenvalue weighted by Crippen LogP contribution is -2.66. The number of hydrogen-bond donors (Lipinski definition) is 3. The molecule has 3 N–H and O–H groups in total. The third-order valence-electron chi connectivity index (χ3n) is 3.48. The first-order chi connectivity index (χ1) is 12.2. The summed E-state index contributed by atoms with van der Waals surface area (Å²) in [5, 5.41) is 14.6. The van der Waals surface area contributed by atoms with E-state index < -0.39 is 47.5 Å². The summed E-state index contributed by atoms with van der Waals surface area (Å²) < 4.78 is 10.3. The Morgan fingerprint density at radius 2 is 1.63 bits per heavy atom. The van der Waals surface area contributed by atoms with Gasteiger partial charge in [-0.05, 0) is 60.9 Å². The van der Waals surface area contributed by atoms with Gasteiger partial charge in [-0.25, -0.2) is 19.3 Å². The van der Waals surface area contributed by atoms with Crippen LogP contribution in [0.5, 0.6) is 0 Å². The first-order valence-electron chi connectivity index (χ1n) is 8.69. The Kier molecular flexibility index (Phi) is 6.82. The molecule has 3 amide bonds. The van der Waals surface area contributed by atoms with Crippen molar-refractivity contribution < 1.29 is 33.8 Å². The molecule has 1 saturated heterocycles. The number of alkyl carbamates (subject to hydrolysis) is 1. The van der Waals surface area contributed by atoms with E-state index >= 15 is 0 Å². The number of ether oxygens (including phenoxy) is 2. The van der Waals surface area contributed by atoms with Crippen molar-refractivity contribution in [1.82, 2.24) is 15.5 Å². The maximum absolute atomic E-state index is 12.7. The van der Waals surface area contributed by atoms with Gasteiger partial charge in [0.25, 0.3) is 5.91 Å². The predicted molar refractivity (Wildman–Crippen MR) is 94.9 cm³/mol. The highest BCUT2D eigenvalue weighted by atomic mass is 16.6. The molecule has 0 spiro atoms. The Hall–Kier alpha value is -2.36. The zero-order valence-corrected chi connectivity index (χ0v) is 16.7. The Bertz CT molecular complexity index is 599. The van der Waals surface area contributed by atoms with Crippen molar-refractivity contribution in [2.45, 2.75) is 71.2 Å². The monoisotopic (exact) mass is 387 g/mol. The van der Waals surface area contributed by atoms with Crippen LogP contribution in [0, 0.1) is 0 Å². The molecule has 0 bridgehead atoms. The van der Waals surface area contributed by atoms with Crippen LogP contribution in [0.2, 0.25) is 0 Å². The fraction of sp³-hybridized carbons (Fsp3) is 0.765. The van der Waals surface area contributed by atoms with Gasteiger partial charge in [0.15, 0.2) is 0 Å². The summed E-state index contributed by atoms with van der Waals surface area (Å²) in [6.07, 6.45) is -1.47. The first-order valence-corrected chi connectivity index (χ1v) is 8.69. The van der Waals surface area contributed by atoms with Crippen LogP contribution in [0.3, 0.4) is 0 Å². The number of imide groups is 1. The van der Waals surface area contributed by atoms with Crippen LogP contribution in [-0.4, -0.2) is 64.0 Å². The normalized spacial score (nSPS) is 19.9. The van der Waals surface area contributed by atoms with Gasteiger partial charge in [-0.15, -0.1) is 0 Å². The maximum atomic E-state index is 12.7. The lowest BCUT2D eigenvalue weighted by Gasteiger charge is -2.37. The highest BCUT2D eigenvalue weighted by Crippen LogP contribution is 2.27. The lowest BCUT2D eigenvalue weighted by atomic mass is 10.1. The smallest absolute Gasteiger partial charge is 0.419 e. The van der Waals surface area contributed by atoms with E-state index in [1.807, 2.05) is 0 Å². The first kappa shape index (κ1) is 22.7. The summed E-state index contributed by atoms with van der Waals surface area (Å²) in [4.78, 5) is 49.5. The van der Waals surface area contributed by atoms with Crippen LogP contribution in [-0.2, 0) is 19.1 Å². The largest absolute Gasteiger partial charge is 0.478 e. The summed E-state index contributed by atoms with van der Waals surface area (Å²) in [6.45, 7) is 9.46. The van der Waals surface area contributed by atoms with Gasteiger partial charge >= 0.3 is 18.2 Å². The molecule has 0 aliphatic carbocycles. The van der Waals surface area contributed by atoms with E-state index in [4.69, 9.17) is 9.47 Å². The van der Waals surface area contributed by atoms with E-state index in [1.54, 1.807) is 41.5 Å². The number of carboxylic acids is 1.